The summed E-state index contributed by atoms with van der Waals surface area (Å²) in [7, 11) is 0. The molecule has 2 aromatic rings. The van der Waals surface area contributed by atoms with Crippen molar-refractivity contribution in [2.45, 2.75) is 45.6 Å². The number of halogens is 2. The highest BCUT2D eigenvalue weighted by Gasteiger charge is 2.20. The predicted molar refractivity (Wildman–Crippen MR) is 115 cm³/mol. The zero-order valence-electron chi connectivity index (χ0n) is 17.7. The Labute approximate surface area is 177 Å². The summed E-state index contributed by atoms with van der Waals surface area (Å²) in [6, 6.07) is 10.0. The third kappa shape index (κ3) is 5.82. The second kappa shape index (κ2) is 11.1. The minimum absolute atomic E-state index is 0.0474. The molecule has 5 heteroatoms. The summed E-state index contributed by atoms with van der Waals surface area (Å²) in [6.07, 6.45) is 8.12. The molecule has 1 aliphatic heterocycles. The van der Waals surface area contributed by atoms with E-state index >= 15 is 0 Å². The summed E-state index contributed by atoms with van der Waals surface area (Å²) in [5.74, 6) is -0.727. The number of rotatable bonds is 9. The second-order valence-corrected chi connectivity index (χ2v) is 7.60. The van der Waals surface area contributed by atoms with Gasteiger partial charge in [-0.15, -0.1) is 0 Å². The van der Waals surface area contributed by atoms with E-state index in [2.05, 4.69) is 12.2 Å². The highest BCUT2D eigenvalue weighted by atomic mass is 19.2. The lowest BCUT2D eigenvalue weighted by molar-refractivity contribution is -0.0275. The lowest BCUT2D eigenvalue weighted by Crippen LogP contribution is -2.29. The van der Waals surface area contributed by atoms with Gasteiger partial charge in [-0.05, 0) is 56.0 Å². The minimum atomic E-state index is -0.949. The largest absolute Gasteiger partial charge is 0.491 e. The maximum absolute atomic E-state index is 14.5. The van der Waals surface area contributed by atoms with Crippen LogP contribution in [0.3, 0.4) is 0 Å². The number of allylic oxidation sites excluding steroid dienone is 1. The third-order valence-electron chi connectivity index (χ3n) is 5.27. The third-order valence-corrected chi connectivity index (χ3v) is 5.27. The quantitative estimate of drug-likeness (QED) is 0.342. The highest BCUT2D eigenvalue weighted by Crippen LogP contribution is 2.31. The minimum Gasteiger partial charge on any atom is -0.491 e. The van der Waals surface area contributed by atoms with Crippen molar-refractivity contribution in [1.29, 1.82) is 0 Å². The first-order valence-electron chi connectivity index (χ1n) is 10.7. The molecule has 0 saturated carbocycles. The van der Waals surface area contributed by atoms with E-state index in [1.807, 2.05) is 13.8 Å². The van der Waals surface area contributed by atoms with Crippen LogP contribution in [0.4, 0.5) is 8.78 Å². The van der Waals surface area contributed by atoms with Gasteiger partial charge in [0.1, 0.15) is 12.4 Å². The van der Waals surface area contributed by atoms with Crippen molar-refractivity contribution < 1.29 is 23.0 Å². The fourth-order valence-electron chi connectivity index (χ4n) is 3.49. The Morgan fingerprint density at radius 1 is 1.03 bits per heavy atom. The maximum Gasteiger partial charge on any atom is 0.201 e. The standard InChI is InChI=1S/C25H30F2O3/c1-3-5-15-28-23-14-13-22(24(26)25(23)27)19-8-11-20(12-9-19)30-17-21-10-7-18(6-4-2)16-29-21/h4,6,8-9,11-14,18,21H,3,5,7,10,15-17H2,1-2H3. The van der Waals surface area contributed by atoms with Crippen molar-refractivity contribution in [2.24, 2.45) is 5.92 Å². The molecular formula is C25H30F2O3. The van der Waals surface area contributed by atoms with Gasteiger partial charge in [0.2, 0.25) is 5.82 Å². The van der Waals surface area contributed by atoms with Crippen LogP contribution in [-0.4, -0.2) is 25.9 Å². The van der Waals surface area contributed by atoms with Crippen LogP contribution >= 0.6 is 0 Å². The van der Waals surface area contributed by atoms with Gasteiger partial charge >= 0.3 is 0 Å². The Hall–Kier alpha value is -2.40. The molecule has 0 aliphatic carbocycles. The first kappa shape index (κ1) is 22.3. The molecule has 1 heterocycles. The number of unbranched alkanes of at least 4 members (excludes halogenated alkanes) is 1. The summed E-state index contributed by atoms with van der Waals surface area (Å²) < 4.78 is 45.9. The lowest BCUT2D eigenvalue weighted by Gasteiger charge is -2.27. The Morgan fingerprint density at radius 2 is 1.83 bits per heavy atom. The molecule has 0 aromatic heterocycles. The van der Waals surface area contributed by atoms with Crippen molar-refractivity contribution in [3.8, 4) is 22.6 Å². The van der Waals surface area contributed by atoms with Gasteiger partial charge in [-0.2, -0.15) is 4.39 Å². The predicted octanol–water partition coefficient (Wildman–Crippen LogP) is 6.56. The van der Waals surface area contributed by atoms with Crippen LogP contribution in [0.25, 0.3) is 11.1 Å². The van der Waals surface area contributed by atoms with Crippen molar-refractivity contribution in [2.75, 3.05) is 19.8 Å². The Kier molecular flexibility index (Phi) is 8.26. The molecule has 0 radical (unpaired) electrons. The number of ether oxygens (including phenoxy) is 3. The fraction of sp³-hybridized carbons (Fsp3) is 0.440. The van der Waals surface area contributed by atoms with Crippen molar-refractivity contribution in [3.63, 3.8) is 0 Å². The van der Waals surface area contributed by atoms with Crippen LogP contribution in [0, 0.1) is 17.6 Å². The molecule has 1 saturated heterocycles. The monoisotopic (exact) mass is 416 g/mol. The van der Waals surface area contributed by atoms with E-state index in [1.165, 1.54) is 6.07 Å². The van der Waals surface area contributed by atoms with Crippen LogP contribution < -0.4 is 9.47 Å². The van der Waals surface area contributed by atoms with E-state index in [0.29, 0.717) is 30.4 Å². The zero-order valence-corrected chi connectivity index (χ0v) is 17.7. The normalized spacial score (nSPS) is 19.2. The van der Waals surface area contributed by atoms with Crippen LogP contribution in [-0.2, 0) is 4.74 Å². The molecule has 2 aromatic carbocycles. The SMILES string of the molecule is CC=CC1CCC(COc2ccc(-c3ccc(OCCCC)c(F)c3F)cc2)OC1. The van der Waals surface area contributed by atoms with Crippen molar-refractivity contribution in [1.82, 2.24) is 0 Å². The smallest absolute Gasteiger partial charge is 0.201 e. The van der Waals surface area contributed by atoms with Gasteiger partial charge in [0.15, 0.2) is 11.6 Å². The molecule has 1 fully saturated rings. The van der Waals surface area contributed by atoms with Crippen LogP contribution in [0.2, 0.25) is 0 Å². The van der Waals surface area contributed by atoms with E-state index in [1.54, 1.807) is 30.3 Å². The van der Waals surface area contributed by atoms with Gasteiger partial charge in [0.25, 0.3) is 0 Å². The number of hydrogen-bond donors (Lipinski definition) is 0. The Bertz CT molecular complexity index is 825. The first-order chi connectivity index (χ1) is 14.6. The summed E-state index contributed by atoms with van der Waals surface area (Å²) in [4.78, 5) is 0. The van der Waals surface area contributed by atoms with Gasteiger partial charge in [-0.3, -0.25) is 0 Å². The van der Waals surface area contributed by atoms with Gasteiger partial charge in [-0.1, -0.05) is 37.6 Å². The summed E-state index contributed by atoms with van der Waals surface area (Å²) in [6.45, 7) is 5.61. The Morgan fingerprint density at radius 3 is 2.50 bits per heavy atom. The van der Waals surface area contributed by atoms with E-state index < -0.39 is 11.6 Å². The average molecular weight is 417 g/mol. The summed E-state index contributed by atoms with van der Waals surface area (Å²) >= 11 is 0. The highest BCUT2D eigenvalue weighted by molar-refractivity contribution is 5.66. The number of hydrogen-bond acceptors (Lipinski definition) is 3. The van der Waals surface area contributed by atoms with Gasteiger partial charge < -0.3 is 14.2 Å². The molecule has 0 N–H and O–H groups in total. The van der Waals surface area contributed by atoms with E-state index in [4.69, 9.17) is 14.2 Å². The topological polar surface area (TPSA) is 27.7 Å². The molecule has 0 bridgehead atoms. The van der Waals surface area contributed by atoms with E-state index in [-0.39, 0.29) is 17.4 Å². The van der Waals surface area contributed by atoms with E-state index in [9.17, 15) is 8.78 Å². The molecule has 0 amide bonds. The molecule has 30 heavy (non-hydrogen) atoms. The molecule has 3 nitrogen and oxygen atoms in total. The van der Waals surface area contributed by atoms with E-state index in [0.717, 1.165) is 32.3 Å². The molecular weight excluding hydrogens is 386 g/mol. The summed E-state index contributed by atoms with van der Waals surface area (Å²) in [5.41, 5.74) is 0.787. The molecule has 0 spiro atoms. The molecule has 2 unspecified atom stereocenters. The van der Waals surface area contributed by atoms with Gasteiger partial charge in [-0.25, -0.2) is 4.39 Å². The fourth-order valence-corrected chi connectivity index (χ4v) is 3.49. The maximum atomic E-state index is 14.5. The molecule has 1 aliphatic rings. The summed E-state index contributed by atoms with van der Waals surface area (Å²) in [5, 5.41) is 0. The average Bonchev–Trinajstić information content (AvgIpc) is 2.77. The van der Waals surface area contributed by atoms with Gasteiger partial charge in [0.05, 0.1) is 19.3 Å². The second-order valence-electron chi connectivity index (χ2n) is 7.60. The van der Waals surface area contributed by atoms with Crippen LogP contribution in [0.5, 0.6) is 11.5 Å². The molecule has 162 valence electrons. The van der Waals surface area contributed by atoms with Gasteiger partial charge in [0, 0.05) is 11.5 Å². The zero-order chi connectivity index (χ0) is 21.3. The Balaban J connectivity index is 1.57. The van der Waals surface area contributed by atoms with Crippen LogP contribution in [0.15, 0.2) is 48.6 Å². The number of benzene rings is 2. The van der Waals surface area contributed by atoms with Crippen LogP contribution in [0.1, 0.15) is 39.5 Å². The molecule has 3 rings (SSSR count). The van der Waals surface area contributed by atoms with Crippen molar-refractivity contribution in [3.05, 3.63) is 60.2 Å². The lowest BCUT2D eigenvalue weighted by atomic mass is 9.98. The van der Waals surface area contributed by atoms with Crippen molar-refractivity contribution >= 4 is 0 Å². The first-order valence-corrected chi connectivity index (χ1v) is 10.7. The molecule has 2 atom stereocenters.